The van der Waals surface area contributed by atoms with Gasteiger partial charge in [-0.25, -0.2) is 4.98 Å². The van der Waals surface area contributed by atoms with Gasteiger partial charge < -0.3 is 5.32 Å². The average molecular weight is 202 g/mol. The zero-order valence-corrected chi connectivity index (χ0v) is 9.83. The molecular formula is C13H18N2. The molecule has 0 amide bonds. The number of hydrogen-bond donors (Lipinski definition) is 1. The fourth-order valence-corrected chi connectivity index (χ4v) is 1.19. The molecule has 0 aliphatic heterocycles. The predicted molar refractivity (Wildman–Crippen MR) is 64.9 cm³/mol. The molecule has 15 heavy (non-hydrogen) atoms. The van der Waals surface area contributed by atoms with Crippen molar-refractivity contribution in [1.82, 2.24) is 4.98 Å². The molecule has 2 heteroatoms. The second-order valence-corrected chi connectivity index (χ2v) is 4.71. The van der Waals surface area contributed by atoms with E-state index in [0.717, 1.165) is 5.82 Å². The van der Waals surface area contributed by atoms with Crippen LogP contribution in [0.2, 0.25) is 0 Å². The number of aromatic nitrogens is 1. The number of nitrogens with one attached hydrogen (secondary N) is 1. The SMILES string of the molecule is C#CC(C)Nc1ccc(C(C)(C)C)cn1. The highest BCUT2D eigenvalue weighted by molar-refractivity contribution is 5.39. The zero-order valence-electron chi connectivity index (χ0n) is 9.83. The highest BCUT2D eigenvalue weighted by atomic mass is 15.0. The maximum Gasteiger partial charge on any atom is 0.126 e. The van der Waals surface area contributed by atoms with Crippen molar-refractivity contribution in [2.75, 3.05) is 5.32 Å². The molecule has 1 aromatic heterocycles. The van der Waals surface area contributed by atoms with Crippen LogP contribution in [0.3, 0.4) is 0 Å². The summed E-state index contributed by atoms with van der Waals surface area (Å²) in [4.78, 5) is 4.33. The van der Waals surface area contributed by atoms with Gasteiger partial charge in [0.05, 0.1) is 6.04 Å². The molecule has 1 aromatic rings. The molecule has 2 nitrogen and oxygen atoms in total. The molecule has 0 aromatic carbocycles. The van der Waals surface area contributed by atoms with Crippen molar-refractivity contribution < 1.29 is 0 Å². The Morgan fingerprint density at radius 2 is 2.07 bits per heavy atom. The first-order valence-electron chi connectivity index (χ1n) is 5.12. The van der Waals surface area contributed by atoms with Crippen LogP contribution in [0.1, 0.15) is 33.3 Å². The molecule has 1 unspecified atom stereocenters. The highest BCUT2D eigenvalue weighted by Gasteiger charge is 2.13. The van der Waals surface area contributed by atoms with E-state index < -0.39 is 0 Å². The van der Waals surface area contributed by atoms with Gasteiger partial charge >= 0.3 is 0 Å². The van der Waals surface area contributed by atoms with Crippen molar-refractivity contribution in [3.05, 3.63) is 23.9 Å². The fourth-order valence-electron chi connectivity index (χ4n) is 1.19. The van der Waals surface area contributed by atoms with Crippen LogP contribution in [0.5, 0.6) is 0 Å². The number of rotatable bonds is 2. The number of nitrogens with zero attached hydrogens (tertiary/aromatic N) is 1. The average Bonchev–Trinajstić information content (AvgIpc) is 2.17. The third kappa shape index (κ3) is 3.28. The Balaban J connectivity index is 2.78. The minimum Gasteiger partial charge on any atom is -0.357 e. The summed E-state index contributed by atoms with van der Waals surface area (Å²) in [6.07, 6.45) is 7.17. The molecule has 0 aliphatic rings. The molecular weight excluding hydrogens is 184 g/mol. The Labute approximate surface area is 92.1 Å². The summed E-state index contributed by atoms with van der Waals surface area (Å²) in [5.41, 5.74) is 1.37. The summed E-state index contributed by atoms with van der Waals surface area (Å²) in [5, 5.41) is 3.12. The van der Waals surface area contributed by atoms with E-state index in [4.69, 9.17) is 6.42 Å². The van der Waals surface area contributed by atoms with Crippen molar-refractivity contribution in [2.24, 2.45) is 0 Å². The topological polar surface area (TPSA) is 24.9 Å². The summed E-state index contributed by atoms with van der Waals surface area (Å²) >= 11 is 0. The van der Waals surface area contributed by atoms with Gasteiger partial charge in [0, 0.05) is 6.20 Å². The van der Waals surface area contributed by atoms with E-state index in [-0.39, 0.29) is 11.5 Å². The summed E-state index contributed by atoms with van der Waals surface area (Å²) in [5.74, 6) is 3.43. The number of hydrogen-bond acceptors (Lipinski definition) is 2. The first-order chi connectivity index (χ1) is 6.93. The third-order valence-electron chi connectivity index (χ3n) is 2.24. The van der Waals surface area contributed by atoms with Gasteiger partial charge in [0.25, 0.3) is 0 Å². The van der Waals surface area contributed by atoms with E-state index in [1.807, 2.05) is 19.2 Å². The number of terminal acetylenes is 1. The minimum absolute atomic E-state index is 0.0120. The van der Waals surface area contributed by atoms with Gasteiger partial charge in [-0.2, -0.15) is 0 Å². The number of anilines is 1. The molecule has 0 spiro atoms. The quantitative estimate of drug-likeness (QED) is 0.746. The molecule has 0 saturated heterocycles. The van der Waals surface area contributed by atoms with Crippen LogP contribution in [0.4, 0.5) is 5.82 Å². The van der Waals surface area contributed by atoms with Gasteiger partial charge in [0.15, 0.2) is 0 Å². The van der Waals surface area contributed by atoms with Gasteiger partial charge in [-0.05, 0) is 24.0 Å². The van der Waals surface area contributed by atoms with Crippen molar-refractivity contribution in [1.29, 1.82) is 0 Å². The van der Waals surface area contributed by atoms with Crippen LogP contribution in [-0.2, 0) is 5.41 Å². The summed E-state index contributed by atoms with van der Waals surface area (Å²) in [7, 11) is 0. The Hall–Kier alpha value is -1.49. The molecule has 1 heterocycles. The first kappa shape index (κ1) is 11.6. The van der Waals surface area contributed by atoms with E-state index >= 15 is 0 Å². The lowest BCUT2D eigenvalue weighted by molar-refractivity contribution is 0.587. The maximum atomic E-state index is 5.28. The summed E-state index contributed by atoms with van der Waals surface area (Å²) in [6, 6.07) is 4.06. The van der Waals surface area contributed by atoms with Crippen molar-refractivity contribution in [3.8, 4) is 12.3 Å². The van der Waals surface area contributed by atoms with Crippen molar-refractivity contribution in [3.63, 3.8) is 0 Å². The first-order valence-corrected chi connectivity index (χ1v) is 5.12. The standard InChI is InChI=1S/C13H18N2/c1-6-10(2)15-12-8-7-11(9-14-12)13(3,4)5/h1,7-10H,2-5H3,(H,14,15). The van der Waals surface area contributed by atoms with Gasteiger partial charge in [0.1, 0.15) is 5.82 Å². The highest BCUT2D eigenvalue weighted by Crippen LogP contribution is 2.21. The second kappa shape index (κ2) is 4.35. The van der Waals surface area contributed by atoms with E-state index in [1.54, 1.807) is 0 Å². The van der Waals surface area contributed by atoms with Crippen molar-refractivity contribution >= 4 is 5.82 Å². The Morgan fingerprint density at radius 3 is 2.47 bits per heavy atom. The van der Waals surface area contributed by atoms with Gasteiger partial charge in [-0.3, -0.25) is 0 Å². The second-order valence-electron chi connectivity index (χ2n) is 4.71. The molecule has 0 radical (unpaired) electrons. The van der Waals surface area contributed by atoms with Crippen LogP contribution in [-0.4, -0.2) is 11.0 Å². The Kier molecular flexibility index (Phi) is 3.36. The summed E-state index contributed by atoms with van der Waals surface area (Å²) < 4.78 is 0. The minimum atomic E-state index is 0.0120. The Morgan fingerprint density at radius 1 is 1.40 bits per heavy atom. The van der Waals surface area contributed by atoms with Gasteiger partial charge in [-0.1, -0.05) is 32.8 Å². The normalized spacial score (nSPS) is 13.0. The lowest BCUT2D eigenvalue weighted by atomic mass is 9.88. The molecule has 80 valence electrons. The molecule has 0 bridgehead atoms. The third-order valence-corrected chi connectivity index (χ3v) is 2.24. The van der Waals surface area contributed by atoms with E-state index in [2.05, 4.69) is 43.1 Å². The van der Waals surface area contributed by atoms with Gasteiger partial charge in [0.2, 0.25) is 0 Å². The molecule has 1 atom stereocenters. The van der Waals surface area contributed by atoms with E-state index in [0.29, 0.717) is 0 Å². The monoisotopic (exact) mass is 202 g/mol. The smallest absolute Gasteiger partial charge is 0.126 e. The largest absolute Gasteiger partial charge is 0.357 e. The molecule has 1 N–H and O–H groups in total. The lowest BCUT2D eigenvalue weighted by Gasteiger charge is -2.18. The van der Waals surface area contributed by atoms with E-state index in [9.17, 15) is 0 Å². The van der Waals surface area contributed by atoms with E-state index in [1.165, 1.54) is 5.56 Å². The van der Waals surface area contributed by atoms with Crippen LogP contribution in [0.15, 0.2) is 18.3 Å². The van der Waals surface area contributed by atoms with Crippen LogP contribution in [0.25, 0.3) is 0 Å². The fraction of sp³-hybridized carbons (Fsp3) is 0.462. The van der Waals surface area contributed by atoms with Crippen LogP contribution in [0, 0.1) is 12.3 Å². The number of pyridine rings is 1. The lowest BCUT2D eigenvalue weighted by Crippen LogP contribution is -2.15. The van der Waals surface area contributed by atoms with Crippen molar-refractivity contribution in [2.45, 2.75) is 39.2 Å². The summed E-state index contributed by atoms with van der Waals surface area (Å²) in [6.45, 7) is 8.43. The van der Waals surface area contributed by atoms with Crippen LogP contribution < -0.4 is 5.32 Å². The predicted octanol–water partition coefficient (Wildman–Crippen LogP) is 2.81. The van der Waals surface area contributed by atoms with Gasteiger partial charge in [-0.15, -0.1) is 6.42 Å². The molecule has 1 rings (SSSR count). The molecule has 0 saturated carbocycles. The maximum absolute atomic E-state index is 5.28. The zero-order chi connectivity index (χ0) is 11.5. The molecule has 0 fully saturated rings. The molecule has 0 aliphatic carbocycles. The Bertz CT molecular complexity index is 352. The van der Waals surface area contributed by atoms with Crippen LogP contribution >= 0.6 is 0 Å².